The number of ether oxygens (including phenoxy) is 1. The summed E-state index contributed by atoms with van der Waals surface area (Å²) in [5.74, 6) is -0.895. The average Bonchev–Trinajstić information content (AvgIpc) is 3.31. The largest absolute Gasteiger partial charge is 0.481 e. The Morgan fingerprint density at radius 2 is 1.97 bits per heavy atom. The highest BCUT2D eigenvalue weighted by Gasteiger charge is 2.49. The Bertz CT molecular complexity index is 974. The molecule has 0 radical (unpaired) electrons. The van der Waals surface area contributed by atoms with E-state index in [0.29, 0.717) is 19.3 Å². The van der Waals surface area contributed by atoms with E-state index < -0.39 is 33.8 Å². The van der Waals surface area contributed by atoms with E-state index in [4.69, 9.17) is 9.84 Å². The van der Waals surface area contributed by atoms with Gasteiger partial charge in [-0.2, -0.15) is 13.2 Å². The number of carbonyl (C=O) groups is 1. The Labute approximate surface area is 185 Å². The van der Waals surface area contributed by atoms with Crippen LogP contribution in [0.25, 0.3) is 6.08 Å². The molecule has 176 valence electrons. The number of sulfonamides is 1. The van der Waals surface area contributed by atoms with E-state index >= 15 is 0 Å². The smallest absolute Gasteiger partial charge is 0.416 e. The van der Waals surface area contributed by atoms with E-state index in [-0.39, 0.29) is 30.1 Å². The van der Waals surface area contributed by atoms with Crippen LogP contribution in [-0.4, -0.2) is 37.7 Å². The Balaban J connectivity index is 1.62. The van der Waals surface area contributed by atoms with Gasteiger partial charge in [0.1, 0.15) is 0 Å². The van der Waals surface area contributed by atoms with Gasteiger partial charge in [0.15, 0.2) is 0 Å². The van der Waals surface area contributed by atoms with Crippen molar-refractivity contribution in [2.24, 2.45) is 5.92 Å². The fraction of sp³-hybridized carbons (Fsp3) is 0.500. The SMILES string of the molecule is O=C(O)CCCC=CCC1C2CCC(O2)C1NS(=O)(=O)C=Cc1cccc(C(F)(F)F)c1. The van der Waals surface area contributed by atoms with Gasteiger partial charge < -0.3 is 9.84 Å². The number of hydrogen-bond donors (Lipinski definition) is 2. The fourth-order valence-electron chi connectivity index (χ4n) is 4.20. The molecular formula is C22H26F3NO5S. The second-order valence-electron chi connectivity index (χ2n) is 8.06. The molecule has 4 unspecified atom stereocenters. The van der Waals surface area contributed by atoms with Crippen LogP contribution in [0.1, 0.15) is 49.7 Å². The summed E-state index contributed by atoms with van der Waals surface area (Å²) in [6.45, 7) is 0. The monoisotopic (exact) mass is 473 g/mol. The summed E-state index contributed by atoms with van der Waals surface area (Å²) >= 11 is 0. The number of halogens is 3. The molecule has 0 amide bonds. The van der Waals surface area contributed by atoms with Gasteiger partial charge in [-0.25, -0.2) is 13.1 Å². The van der Waals surface area contributed by atoms with Crippen LogP contribution in [0.5, 0.6) is 0 Å². The van der Waals surface area contributed by atoms with Gasteiger partial charge >= 0.3 is 12.1 Å². The summed E-state index contributed by atoms with van der Waals surface area (Å²) in [4.78, 5) is 10.5. The van der Waals surface area contributed by atoms with Crippen LogP contribution in [0.2, 0.25) is 0 Å². The van der Waals surface area contributed by atoms with Gasteiger partial charge in [-0.1, -0.05) is 24.3 Å². The van der Waals surface area contributed by atoms with Gasteiger partial charge in [-0.3, -0.25) is 4.79 Å². The number of fused-ring (bicyclic) bond motifs is 2. The van der Waals surface area contributed by atoms with Crippen molar-refractivity contribution in [1.82, 2.24) is 4.72 Å². The first-order chi connectivity index (χ1) is 15.0. The number of unbranched alkanes of at least 4 members (excludes halogenated alkanes) is 1. The summed E-state index contributed by atoms with van der Waals surface area (Å²) in [5, 5.41) is 9.54. The summed E-state index contributed by atoms with van der Waals surface area (Å²) in [6.07, 6.45) is 3.63. The number of nitrogens with one attached hydrogen (secondary N) is 1. The van der Waals surface area contributed by atoms with Crippen molar-refractivity contribution in [3.05, 3.63) is 53.0 Å². The van der Waals surface area contributed by atoms with Crippen molar-refractivity contribution in [3.8, 4) is 0 Å². The van der Waals surface area contributed by atoms with E-state index in [0.717, 1.165) is 36.5 Å². The maximum Gasteiger partial charge on any atom is 0.416 e. The number of carboxylic acids is 1. The lowest BCUT2D eigenvalue weighted by Crippen LogP contribution is -2.46. The predicted molar refractivity (Wildman–Crippen MR) is 113 cm³/mol. The number of aliphatic carboxylic acids is 1. The topological polar surface area (TPSA) is 92.7 Å². The Morgan fingerprint density at radius 1 is 1.22 bits per heavy atom. The van der Waals surface area contributed by atoms with E-state index in [1.54, 1.807) is 0 Å². The first kappa shape index (κ1) is 24.5. The maximum atomic E-state index is 12.8. The van der Waals surface area contributed by atoms with Crippen LogP contribution in [0, 0.1) is 5.92 Å². The zero-order valence-electron chi connectivity index (χ0n) is 17.3. The Kier molecular flexibility index (Phi) is 7.79. The van der Waals surface area contributed by atoms with Gasteiger partial charge in [0.2, 0.25) is 10.0 Å². The van der Waals surface area contributed by atoms with Crippen LogP contribution in [0.4, 0.5) is 13.2 Å². The molecule has 0 spiro atoms. The molecule has 6 nitrogen and oxygen atoms in total. The van der Waals surface area contributed by atoms with Gasteiger partial charge in [0.25, 0.3) is 0 Å². The summed E-state index contributed by atoms with van der Waals surface area (Å²) in [7, 11) is -3.90. The number of hydrogen-bond acceptors (Lipinski definition) is 4. The van der Waals surface area contributed by atoms with Crippen molar-refractivity contribution in [3.63, 3.8) is 0 Å². The number of benzene rings is 1. The first-order valence-electron chi connectivity index (χ1n) is 10.4. The molecule has 2 N–H and O–H groups in total. The molecule has 2 aliphatic rings. The summed E-state index contributed by atoms with van der Waals surface area (Å²) < 4.78 is 72.3. The molecule has 0 aliphatic carbocycles. The molecule has 4 atom stereocenters. The van der Waals surface area contributed by atoms with Crippen molar-refractivity contribution in [1.29, 1.82) is 0 Å². The predicted octanol–water partition coefficient (Wildman–Crippen LogP) is 4.34. The van der Waals surface area contributed by atoms with Crippen LogP contribution >= 0.6 is 0 Å². The molecule has 3 rings (SSSR count). The van der Waals surface area contributed by atoms with Gasteiger partial charge in [-0.15, -0.1) is 0 Å². The van der Waals surface area contributed by atoms with E-state index in [1.807, 2.05) is 12.2 Å². The van der Waals surface area contributed by atoms with Gasteiger partial charge in [0, 0.05) is 17.7 Å². The van der Waals surface area contributed by atoms with Crippen LogP contribution < -0.4 is 4.72 Å². The number of allylic oxidation sites excluding steroid dienone is 2. The number of rotatable bonds is 10. The van der Waals surface area contributed by atoms with E-state index in [2.05, 4.69) is 4.72 Å². The van der Waals surface area contributed by atoms with Crippen molar-refractivity contribution in [2.45, 2.75) is 63.0 Å². The highest BCUT2D eigenvalue weighted by atomic mass is 32.2. The fourth-order valence-corrected chi connectivity index (χ4v) is 5.32. The first-order valence-corrected chi connectivity index (χ1v) is 12.0. The molecule has 0 saturated carbocycles. The van der Waals surface area contributed by atoms with Crippen molar-refractivity contribution in [2.75, 3.05) is 0 Å². The lowest BCUT2D eigenvalue weighted by atomic mass is 9.83. The molecule has 2 saturated heterocycles. The molecule has 0 aromatic heterocycles. The number of alkyl halides is 3. The van der Waals surface area contributed by atoms with Crippen LogP contribution in [0.15, 0.2) is 41.8 Å². The third kappa shape index (κ3) is 6.66. The third-order valence-electron chi connectivity index (χ3n) is 5.71. The van der Waals surface area contributed by atoms with Gasteiger partial charge in [0.05, 0.1) is 23.8 Å². The number of carboxylic acid groups (broad SMARTS) is 1. The maximum absolute atomic E-state index is 12.8. The lowest BCUT2D eigenvalue weighted by molar-refractivity contribution is -0.138. The molecule has 2 heterocycles. The molecule has 2 bridgehead atoms. The van der Waals surface area contributed by atoms with E-state index in [9.17, 15) is 26.4 Å². The summed E-state index contributed by atoms with van der Waals surface area (Å²) in [6, 6.07) is 4.03. The standard InChI is InChI=1S/C22H26F3NO5S/c23-22(24,25)16-7-5-6-15(14-16)12-13-32(29,30)26-21-17(18-10-11-19(21)31-18)8-3-1-2-4-9-20(27)28/h1,3,5-7,12-14,17-19,21,26H,2,4,8-11H2,(H,27,28). The molecule has 1 aromatic carbocycles. The molecule has 10 heteroatoms. The van der Waals surface area contributed by atoms with Gasteiger partial charge in [-0.05, 0) is 55.9 Å². The second kappa shape index (κ2) is 10.2. The minimum Gasteiger partial charge on any atom is -0.481 e. The van der Waals surface area contributed by atoms with Crippen molar-refractivity contribution < 1.29 is 36.2 Å². The van der Waals surface area contributed by atoms with Crippen molar-refractivity contribution >= 4 is 22.1 Å². The minimum absolute atomic E-state index is 0.0520. The quantitative estimate of drug-likeness (QED) is 0.390. The Morgan fingerprint density at radius 3 is 2.69 bits per heavy atom. The Hall–Kier alpha value is -2.17. The molecule has 1 aromatic rings. The normalized spacial score (nSPS) is 25.8. The highest BCUT2D eigenvalue weighted by molar-refractivity contribution is 7.92. The molecular weight excluding hydrogens is 447 g/mol. The highest BCUT2D eigenvalue weighted by Crippen LogP contribution is 2.41. The zero-order valence-corrected chi connectivity index (χ0v) is 18.1. The molecule has 2 fully saturated rings. The average molecular weight is 474 g/mol. The minimum atomic E-state index is -4.50. The van der Waals surface area contributed by atoms with Crippen LogP contribution in [-0.2, 0) is 25.7 Å². The van der Waals surface area contributed by atoms with Crippen LogP contribution in [0.3, 0.4) is 0 Å². The third-order valence-corrected chi connectivity index (χ3v) is 6.81. The molecule has 2 aliphatic heterocycles. The second-order valence-corrected chi connectivity index (χ2v) is 9.66. The molecule has 32 heavy (non-hydrogen) atoms. The van der Waals surface area contributed by atoms with E-state index in [1.165, 1.54) is 12.1 Å². The zero-order chi connectivity index (χ0) is 23.4. The summed E-state index contributed by atoms with van der Waals surface area (Å²) in [5.41, 5.74) is -0.711. The lowest BCUT2D eigenvalue weighted by Gasteiger charge is -2.27.